The quantitative estimate of drug-likeness (QED) is 0.908. The summed E-state index contributed by atoms with van der Waals surface area (Å²) >= 11 is 3.30. The second-order valence-electron chi connectivity index (χ2n) is 4.11. The Morgan fingerprint density at radius 1 is 1.25 bits per heavy atom. The van der Waals surface area contributed by atoms with E-state index in [9.17, 15) is 8.42 Å². The monoisotopic (exact) mass is 305 g/mol. The van der Waals surface area contributed by atoms with Crippen molar-refractivity contribution in [2.24, 2.45) is 5.92 Å². The van der Waals surface area contributed by atoms with E-state index in [-0.39, 0.29) is 5.75 Å². The highest BCUT2D eigenvalue weighted by atomic mass is 79.9. The Morgan fingerprint density at radius 3 is 2.31 bits per heavy atom. The van der Waals surface area contributed by atoms with Gasteiger partial charge in [-0.25, -0.2) is 8.42 Å². The lowest BCUT2D eigenvalue weighted by molar-refractivity contribution is 0.578. The van der Waals surface area contributed by atoms with Gasteiger partial charge in [-0.3, -0.25) is 4.72 Å². The molecule has 0 aliphatic heterocycles. The Morgan fingerprint density at radius 2 is 1.81 bits per heavy atom. The molecule has 1 aromatic rings. The van der Waals surface area contributed by atoms with Gasteiger partial charge in [-0.05, 0) is 36.6 Å². The number of halogens is 1. The first-order valence-corrected chi connectivity index (χ1v) is 7.59. The largest absolute Gasteiger partial charge is 0.284 e. The minimum absolute atomic E-state index is 0.167. The van der Waals surface area contributed by atoms with E-state index in [1.54, 1.807) is 24.3 Å². The van der Waals surface area contributed by atoms with Crippen LogP contribution in [-0.4, -0.2) is 14.2 Å². The lowest BCUT2D eigenvalue weighted by Gasteiger charge is -2.09. The molecule has 0 aromatic heterocycles. The molecule has 0 spiro atoms. The zero-order valence-corrected chi connectivity index (χ0v) is 11.8. The number of hydrogen-bond donors (Lipinski definition) is 1. The fourth-order valence-electron chi connectivity index (χ4n) is 1.14. The van der Waals surface area contributed by atoms with Gasteiger partial charge in [0.05, 0.1) is 5.75 Å². The summed E-state index contributed by atoms with van der Waals surface area (Å²) < 4.78 is 26.8. The molecule has 5 heteroatoms. The molecule has 0 bridgehead atoms. The molecular weight excluding hydrogens is 290 g/mol. The van der Waals surface area contributed by atoms with Crippen LogP contribution in [0.25, 0.3) is 0 Å². The maximum absolute atomic E-state index is 11.7. The summed E-state index contributed by atoms with van der Waals surface area (Å²) in [5.74, 6) is 0.558. The van der Waals surface area contributed by atoms with Crippen LogP contribution >= 0.6 is 15.9 Å². The Kier molecular flexibility index (Phi) is 4.80. The molecule has 16 heavy (non-hydrogen) atoms. The van der Waals surface area contributed by atoms with Crippen LogP contribution in [-0.2, 0) is 10.0 Å². The first-order valence-electron chi connectivity index (χ1n) is 5.15. The highest BCUT2D eigenvalue weighted by molar-refractivity contribution is 9.10. The Balaban J connectivity index is 2.62. The van der Waals surface area contributed by atoms with Crippen molar-refractivity contribution < 1.29 is 8.42 Å². The molecule has 0 aliphatic rings. The van der Waals surface area contributed by atoms with Crippen LogP contribution in [0.4, 0.5) is 5.69 Å². The third kappa shape index (κ3) is 4.99. The molecule has 1 rings (SSSR count). The van der Waals surface area contributed by atoms with E-state index in [1.807, 2.05) is 13.8 Å². The first-order chi connectivity index (χ1) is 7.39. The van der Waals surface area contributed by atoms with Gasteiger partial charge < -0.3 is 0 Å². The van der Waals surface area contributed by atoms with Gasteiger partial charge in [0.1, 0.15) is 0 Å². The number of benzene rings is 1. The summed E-state index contributed by atoms with van der Waals surface area (Å²) in [6.07, 6.45) is 0.672. The lowest BCUT2D eigenvalue weighted by Crippen LogP contribution is -2.17. The van der Waals surface area contributed by atoms with Gasteiger partial charge in [-0.2, -0.15) is 0 Å². The van der Waals surface area contributed by atoms with E-state index >= 15 is 0 Å². The topological polar surface area (TPSA) is 46.2 Å². The van der Waals surface area contributed by atoms with Crippen LogP contribution in [0.15, 0.2) is 28.7 Å². The van der Waals surface area contributed by atoms with Crippen LogP contribution in [0.1, 0.15) is 20.3 Å². The molecule has 1 N–H and O–H groups in total. The molecule has 0 atom stereocenters. The maximum atomic E-state index is 11.7. The predicted molar refractivity (Wildman–Crippen MR) is 71.0 cm³/mol. The van der Waals surface area contributed by atoms with E-state index < -0.39 is 10.0 Å². The minimum Gasteiger partial charge on any atom is -0.284 e. The fraction of sp³-hybridized carbons (Fsp3) is 0.455. The fourth-order valence-corrected chi connectivity index (χ4v) is 2.78. The van der Waals surface area contributed by atoms with Gasteiger partial charge in [0.2, 0.25) is 10.0 Å². The molecule has 90 valence electrons. The Hall–Kier alpha value is -0.550. The number of anilines is 1. The zero-order valence-electron chi connectivity index (χ0n) is 9.40. The third-order valence-corrected chi connectivity index (χ3v) is 3.93. The van der Waals surface area contributed by atoms with Gasteiger partial charge >= 0.3 is 0 Å². The molecule has 0 aliphatic carbocycles. The Labute approximate surface area is 105 Å². The van der Waals surface area contributed by atoms with Crippen molar-refractivity contribution >= 4 is 31.6 Å². The summed E-state index contributed by atoms with van der Waals surface area (Å²) in [4.78, 5) is 0. The average molecular weight is 306 g/mol. The second kappa shape index (κ2) is 5.68. The van der Waals surface area contributed by atoms with Gasteiger partial charge in [-0.1, -0.05) is 29.8 Å². The zero-order chi connectivity index (χ0) is 12.2. The summed E-state index contributed by atoms with van der Waals surface area (Å²) in [6.45, 7) is 4.02. The van der Waals surface area contributed by atoms with Gasteiger partial charge in [0, 0.05) is 10.2 Å². The normalized spacial score (nSPS) is 11.8. The summed E-state index contributed by atoms with van der Waals surface area (Å²) in [6, 6.07) is 7.08. The molecule has 0 saturated heterocycles. The third-order valence-electron chi connectivity index (χ3n) is 2.08. The number of hydrogen-bond acceptors (Lipinski definition) is 2. The molecule has 0 amide bonds. The first kappa shape index (κ1) is 13.5. The molecule has 0 radical (unpaired) electrons. The molecule has 0 unspecified atom stereocenters. The molecule has 0 heterocycles. The predicted octanol–water partition coefficient (Wildman–Crippen LogP) is 3.24. The van der Waals surface area contributed by atoms with Crippen molar-refractivity contribution in [3.63, 3.8) is 0 Å². The van der Waals surface area contributed by atoms with Crippen LogP contribution in [0.2, 0.25) is 0 Å². The van der Waals surface area contributed by atoms with Crippen molar-refractivity contribution in [3.05, 3.63) is 28.7 Å². The van der Waals surface area contributed by atoms with E-state index in [2.05, 4.69) is 20.7 Å². The van der Waals surface area contributed by atoms with Crippen LogP contribution in [0.3, 0.4) is 0 Å². The van der Waals surface area contributed by atoms with E-state index in [4.69, 9.17) is 0 Å². The van der Waals surface area contributed by atoms with Crippen molar-refractivity contribution in [3.8, 4) is 0 Å². The van der Waals surface area contributed by atoms with Gasteiger partial charge in [0.25, 0.3) is 0 Å². The van der Waals surface area contributed by atoms with E-state index in [1.165, 1.54) is 0 Å². The van der Waals surface area contributed by atoms with Crippen molar-refractivity contribution in [1.29, 1.82) is 0 Å². The molecule has 0 saturated carbocycles. The van der Waals surface area contributed by atoms with E-state index in [0.717, 1.165) is 4.47 Å². The number of nitrogens with one attached hydrogen (secondary N) is 1. The smallest absolute Gasteiger partial charge is 0.232 e. The second-order valence-corrected chi connectivity index (χ2v) is 6.87. The van der Waals surface area contributed by atoms with Crippen LogP contribution in [0.5, 0.6) is 0 Å². The molecule has 3 nitrogen and oxygen atoms in total. The molecule has 1 aromatic carbocycles. The number of rotatable bonds is 5. The minimum atomic E-state index is -3.21. The molecule has 0 fully saturated rings. The maximum Gasteiger partial charge on any atom is 0.232 e. The van der Waals surface area contributed by atoms with Crippen molar-refractivity contribution in [2.75, 3.05) is 10.5 Å². The van der Waals surface area contributed by atoms with Crippen molar-refractivity contribution in [1.82, 2.24) is 0 Å². The summed E-state index contributed by atoms with van der Waals surface area (Å²) in [7, 11) is -3.21. The highest BCUT2D eigenvalue weighted by Crippen LogP contribution is 2.16. The lowest BCUT2D eigenvalue weighted by atomic mass is 10.2. The van der Waals surface area contributed by atoms with Gasteiger partial charge in [-0.15, -0.1) is 0 Å². The standard InChI is InChI=1S/C11H16BrNO2S/c1-9(2)7-8-16(14,15)13-11-5-3-10(12)4-6-11/h3-6,9,13H,7-8H2,1-2H3. The summed E-state index contributed by atoms with van der Waals surface area (Å²) in [5, 5.41) is 0. The van der Waals surface area contributed by atoms with Crippen LogP contribution in [0, 0.1) is 5.92 Å². The average Bonchev–Trinajstić information content (AvgIpc) is 2.19. The van der Waals surface area contributed by atoms with Crippen LogP contribution < -0.4 is 4.72 Å². The number of sulfonamides is 1. The van der Waals surface area contributed by atoms with E-state index in [0.29, 0.717) is 18.0 Å². The Bertz CT molecular complexity index is 426. The SMILES string of the molecule is CC(C)CCS(=O)(=O)Nc1ccc(Br)cc1. The summed E-state index contributed by atoms with van der Waals surface area (Å²) in [5.41, 5.74) is 0.604. The molecular formula is C11H16BrNO2S. The highest BCUT2D eigenvalue weighted by Gasteiger charge is 2.10. The van der Waals surface area contributed by atoms with Gasteiger partial charge in [0.15, 0.2) is 0 Å². The van der Waals surface area contributed by atoms with Crippen molar-refractivity contribution in [2.45, 2.75) is 20.3 Å².